The molecule has 1 spiro atoms. The molecule has 0 bridgehead atoms. The quantitative estimate of drug-likeness (QED) is 0.181. The molecule has 0 saturated heterocycles. The number of hydrogen-bond donors (Lipinski definition) is 0. The molecule has 3 aliphatic rings. The van der Waals surface area contributed by atoms with Crippen molar-refractivity contribution in [3.05, 3.63) is 180 Å². The Hall–Kier alpha value is -5.37. The first-order valence-corrected chi connectivity index (χ1v) is 16.8. The summed E-state index contributed by atoms with van der Waals surface area (Å²) >= 11 is 1.90. The van der Waals surface area contributed by atoms with Gasteiger partial charge in [0.15, 0.2) is 0 Å². The van der Waals surface area contributed by atoms with Gasteiger partial charge >= 0.3 is 0 Å². The molecule has 0 amide bonds. The lowest BCUT2D eigenvalue weighted by Gasteiger charge is -2.31. The van der Waals surface area contributed by atoms with Crippen LogP contribution in [0.4, 0.5) is 0 Å². The van der Waals surface area contributed by atoms with E-state index in [4.69, 9.17) is 0 Å². The molecule has 212 valence electrons. The van der Waals surface area contributed by atoms with Gasteiger partial charge in [-0.2, -0.15) is 0 Å². The lowest BCUT2D eigenvalue weighted by atomic mass is 9.70. The molecule has 1 atom stereocenters. The topological polar surface area (TPSA) is 0 Å². The summed E-state index contributed by atoms with van der Waals surface area (Å²) < 4.78 is 0. The van der Waals surface area contributed by atoms with Crippen molar-refractivity contribution in [1.82, 2.24) is 0 Å². The predicted molar refractivity (Wildman–Crippen MR) is 193 cm³/mol. The second kappa shape index (κ2) is 8.88. The van der Waals surface area contributed by atoms with Gasteiger partial charge in [-0.15, -0.1) is 0 Å². The maximum absolute atomic E-state index is 2.51. The fourth-order valence-electron chi connectivity index (χ4n) is 8.84. The van der Waals surface area contributed by atoms with Crippen LogP contribution in [0.3, 0.4) is 0 Å². The standard InChI is InChI=1S/C45H26S/c1-2-12-31-27(10-1)21-23-39-44(31)36-15-4-7-18-38(36)45(39)37-17-6-3-13-32(37)33-22-20-28(25-40(33)45)30-24-29-11-9-16-35-34-14-5-8-19-41(34)46-42(26-30)43(29)35/h1-26H. The second-order valence-electron chi connectivity index (χ2n) is 12.8. The van der Waals surface area contributed by atoms with Crippen molar-refractivity contribution in [2.24, 2.45) is 0 Å². The number of benzene rings is 8. The molecular weight excluding hydrogens is 573 g/mol. The molecule has 0 aromatic heterocycles. The van der Waals surface area contributed by atoms with E-state index in [1.54, 1.807) is 0 Å². The van der Waals surface area contributed by atoms with Crippen molar-refractivity contribution < 1.29 is 0 Å². The summed E-state index contributed by atoms with van der Waals surface area (Å²) in [7, 11) is 0. The van der Waals surface area contributed by atoms with Crippen molar-refractivity contribution in [1.29, 1.82) is 0 Å². The van der Waals surface area contributed by atoms with Gasteiger partial charge in [0.2, 0.25) is 0 Å². The Morgan fingerprint density at radius 1 is 0.370 bits per heavy atom. The number of rotatable bonds is 1. The molecule has 0 N–H and O–H groups in total. The Bertz CT molecular complexity index is 2630. The zero-order valence-electron chi connectivity index (χ0n) is 24.9. The Kier molecular flexibility index (Phi) is 4.80. The Morgan fingerprint density at radius 3 is 1.98 bits per heavy atom. The van der Waals surface area contributed by atoms with E-state index >= 15 is 0 Å². The third-order valence-corrected chi connectivity index (χ3v) is 11.8. The smallest absolute Gasteiger partial charge is 0.0725 e. The molecule has 46 heavy (non-hydrogen) atoms. The normalized spacial score (nSPS) is 16.3. The molecule has 0 radical (unpaired) electrons. The number of hydrogen-bond acceptors (Lipinski definition) is 1. The molecule has 2 aliphatic carbocycles. The van der Waals surface area contributed by atoms with Crippen LogP contribution in [0.25, 0.3) is 66.1 Å². The maximum atomic E-state index is 2.51. The summed E-state index contributed by atoms with van der Waals surface area (Å²) in [5, 5.41) is 5.28. The first-order chi connectivity index (χ1) is 22.8. The van der Waals surface area contributed by atoms with E-state index < -0.39 is 0 Å². The minimum Gasteiger partial charge on any atom is -0.0888 e. The third kappa shape index (κ3) is 3.02. The van der Waals surface area contributed by atoms with Gasteiger partial charge in [-0.05, 0) is 107 Å². The number of fused-ring (bicyclic) bond motifs is 14. The molecule has 1 heterocycles. The highest BCUT2D eigenvalue weighted by Gasteiger charge is 2.52. The van der Waals surface area contributed by atoms with E-state index in [1.807, 2.05) is 11.8 Å². The van der Waals surface area contributed by atoms with Gasteiger partial charge in [0, 0.05) is 15.2 Å². The summed E-state index contributed by atoms with van der Waals surface area (Å²) in [5.41, 5.74) is 15.8. The van der Waals surface area contributed by atoms with Crippen LogP contribution < -0.4 is 0 Å². The highest BCUT2D eigenvalue weighted by Crippen LogP contribution is 2.64. The minimum absolute atomic E-state index is 0.371. The molecule has 11 rings (SSSR count). The average molecular weight is 599 g/mol. The van der Waals surface area contributed by atoms with Crippen molar-refractivity contribution in [2.45, 2.75) is 15.2 Å². The van der Waals surface area contributed by atoms with Crippen molar-refractivity contribution in [2.75, 3.05) is 0 Å². The molecule has 1 unspecified atom stereocenters. The van der Waals surface area contributed by atoms with Crippen LogP contribution in [0.15, 0.2) is 168 Å². The summed E-state index contributed by atoms with van der Waals surface area (Å²) in [5.74, 6) is 0. The van der Waals surface area contributed by atoms with Crippen LogP contribution >= 0.6 is 11.8 Å². The van der Waals surface area contributed by atoms with Crippen molar-refractivity contribution in [3.8, 4) is 44.5 Å². The lowest BCUT2D eigenvalue weighted by Crippen LogP contribution is -2.25. The zero-order chi connectivity index (χ0) is 30.0. The van der Waals surface area contributed by atoms with Gasteiger partial charge in [0.25, 0.3) is 0 Å². The van der Waals surface area contributed by atoms with Crippen LogP contribution in [-0.2, 0) is 5.41 Å². The third-order valence-electron chi connectivity index (χ3n) is 10.6. The fraction of sp³-hybridized carbons (Fsp3) is 0.0222. The van der Waals surface area contributed by atoms with E-state index in [9.17, 15) is 0 Å². The molecule has 0 nitrogen and oxygen atoms in total. The maximum Gasteiger partial charge on any atom is 0.0725 e. The largest absolute Gasteiger partial charge is 0.0888 e. The van der Waals surface area contributed by atoms with E-state index in [2.05, 4.69) is 158 Å². The summed E-state index contributed by atoms with van der Waals surface area (Å²) in [6.45, 7) is 0. The molecule has 8 aromatic rings. The lowest BCUT2D eigenvalue weighted by molar-refractivity contribution is 0.795. The monoisotopic (exact) mass is 598 g/mol. The van der Waals surface area contributed by atoms with Gasteiger partial charge in [-0.25, -0.2) is 0 Å². The van der Waals surface area contributed by atoms with Gasteiger partial charge in [0.1, 0.15) is 0 Å². The van der Waals surface area contributed by atoms with Gasteiger partial charge in [-0.3, -0.25) is 0 Å². The first-order valence-electron chi connectivity index (χ1n) is 16.0. The van der Waals surface area contributed by atoms with E-state index in [-0.39, 0.29) is 5.41 Å². The van der Waals surface area contributed by atoms with Gasteiger partial charge in [0.05, 0.1) is 5.41 Å². The molecule has 1 heteroatoms. The van der Waals surface area contributed by atoms with E-state index in [0.717, 1.165) is 0 Å². The molecule has 0 saturated carbocycles. The van der Waals surface area contributed by atoms with Crippen molar-refractivity contribution >= 4 is 33.3 Å². The van der Waals surface area contributed by atoms with Gasteiger partial charge in [-0.1, -0.05) is 145 Å². The Balaban J connectivity index is 1.20. The highest BCUT2D eigenvalue weighted by molar-refractivity contribution is 7.99. The Morgan fingerprint density at radius 2 is 1.07 bits per heavy atom. The minimum atomic E-state index is -0.371. The SMILES string of the molecule is c1ccc2c(c1)Sc1cc(-c3ccc4c(c3)C3(c5ccccc5-4)c4ccccc4-c4c3ccc3ccccc43)cc3cccc-2c13. The molecular formula is C45H26S. The molecule has 0 fully saturated rings. The fourth-order valence-corrected chi connectivity index (χ4v) is 10.0. The first kappa shape index (κ1) is 24.9. The van der Waals surface area contributed by atoms with Gasteiger partial charge < -0.3 is 0 Å². The average Bonchev–Trinajstić information content (AvgIpc) is 3.59. The van der Waals surface area contributed by atoms with Crippen LogP contribution in [-0.4, -0.2) is 0 Å². The highest BCUT2D eigenvalue weighted by atomic mass is 32.2. The van der Waals surface area contributed by atoms with Crippen LogP contribution in [0.2, 0.25) is 0 Å². The van der Waals surface area contributed by atoms with E-state index in [1.165, 1.54) is 98.1 Å². The van der Waals surface area contributed by atoms with Crippen LogP contribution in [0.1, 0.15) is 22.3 Å². The predicted octanol–water partition coefficient (Wildman–Crippen LogP) is 12.1. The van der Waals surface area contributed by atoms with Crippen molar-refractivity contribution in [3.63, 3.8) is 0 Å². The van der Waals surface area contributed by atoms with E-state index in [0.29, 0.717) is 0 Å². The summed E-state index contributed by atoms with van der Waals surface area (Å²) in [4.78, 5) is 2.66. The van der Waals surface area contributed by atoms with Crippen LogP contribution in [0.5, 0.6) is 0 Å². The van der Waals surface area contributed by atoms with Crippen LogP contribution in [0, 0.1) is 0 Å². The summed E-state index contributed by atoms with van der Waals surface area (Å²) in [6, 6.07) is 59.5. The molecule has 8 aromatic carbocycles. The zero-order valence-corrected chi connectivity index (χ0v) is 25.7. The summed E-state index contributed by atoms with van der Waals surface area (Å²) in [6.07, 6.45) is 0. The molecule has 1 aliphatic heterocycles. The second-order valence-corrected chi connectivity index (χ2v) is 13.9. The Labute approximate surface area is 272 Å².